The first-order valence-corrected chi connectivity index (χ1v) is 10.2. The van der Waals surface area contributed by atoms with E-state index in [2.05, 4.69) is 18.4 Å². The Balaban J connectivity index is 1.85. The molecule has 0 amide bonds. The number of benzene rings is 2. The minimum atomic E-state index is -0.944. The van der Waals surface area contributed by atoms with Crippen molar-refractivity contribution in [2.45, 2.75) is 32.3 Å². The molecular formula is C24H27NO5. The van der Waals surface area contributed by atoms with Crippen LogP contribution >= 0.6 is 0 Å². The molecule has 158 valence electrons. The van der Waals surface area contributed by atoms with E-state index in [0.29, 0.717) is 17.9 Å². The number of carbonyl (C=O) groups excluding carboxylic acids is 1. The molecule has 0 spiro atoms. The first-order valence-electron chi connectivity index (χ1n) is 10.2. The van der Waals surface area contributed by atoms with Gasteiger partial charge in [0.2, 0.25) is 0 Å². The largest absolute Gasteiger partial charge is 0.494 e. The zero-order valence-corrected chi connectivity index (χ0v) is 17.7. The van der Waals surface area contributed by atoms with Crippen molar-refractivity contribution in [3.8, 4) is 11.5 Å². The highest BCUT2D eigenvalue weighted by Crippen LogP contribution is 2.46. The van der Waals surface area contributed by atoms with Crippen LogP contribution in [0.25, 0.3) is 10.9 Å². The van der Waals surface area contributed by atoms with Gasteiger partial charge in [-0.25, -0.2) is 0 Å². The number of fused-ring (bicyclic) bond motifs is 4. The summed E-state index contributed by atoms with van der Waals surface area (Å²) < 4.78 is 13.4. The van der Waals surface area contributed by atoms with Crippen LogP contribution in [0.3, 0.4) is 0 Å². The highest BCUT2D eigenvalue weighted by Gasteiger charge is 2.41. The summed E-state index contributed by atoms with van der Waals surface area (Å²) in [6.45, 7) is 6.36. The van der Waals surface area contributed by atoms with Gasteiger partial charge in [-0.05, 0) is 42.8 Å². The quantitative estimate of drug-likeness (QED) is 0.654. The number of ether oxygens (including phenoxy) is 2. The minimum absolute atomic E-state index is 0.00368. The lowest BCUT2D eigenvalue weighted by Crippen LogP contribution is -2.32. The van der Waals surface area contributed by atoms with Gasteiger partial charge in [0.15, 0.2) is 5.78 Å². The average Bonchev–Trinajstić information content (AvgIpc) is 3.04. The van der Waals surface area contributed by atoms with E-state index in [-0.39, 0.29) is 19.0 Å². The summed E-state index contributed by atoms with van der Waals surface area (Å²) in [4.78, 5) is 13.5. The molecule has 0 bridgehead atoms. The first kappa shape index (κ1) is 20.4. The van der Waals surface area contributed by atoms with Crippen LogP contribution in [0, 0.1) is 0 Å². The lowest BCUT2D eigenvalue weighted by atomic mass is 9.71. The lowest BCUT2D eigenvalue weighted by molar-refractivity contribution is 0.0535. The van der Waals surface area contributed by atoms with Gasteiger partial charge in [-0.15, -0.1) is 0 Å². The Hall–Kier alpha value is -2.83. The van der Waals surface area contributed by atoms with Crippen LogP contribution in [-0.2, 0) is 12.5 Å². The third-order valence-electron chi connectivity index (χ3n) is 5.86. The van der Waals surface area contributed by atoms with Crippen molar-refractivity contribution in [2.75, 3.05) is 19.8 Å². The summed E-state index contributed by atoms with van der Waals surface area (Å²) >= 11 is 0. The van der Waals surface area contributed by atoms with E-state index in [1.165, 1.54) is 0 Å². The van der Waals surface area contributed by atoms with E-state index >= 15 is 0 Å². The van der Waals surface area contributed by atoms with Crippen molar-refractivity contribution in [3.63, 3.8) is 0 Å². The molecule has 1 unspecified atom stereocenters. The van der Waals surface area contributed by atoms with E-state index in [4.69, 9.17) is 14.6 Å². The standard InChI is InChI=1S/C24H27NO5/c1-5-29-16-7-9-18-20(11-16)25(4)23-21(18)22(28)17-8-6-15(30-13-14(27)12-26)10-19(17)24(23,2)3/h6-11,14,26-27H,5,12-13H2,1-4H3. The number of aryl methyl sites for hydroxylation is 1. The molecule has 2 aromatic carbocycles. The molecule has 0 saturated carbocycles. The van der Waals surface area contributed by atoms with Crippen molar-refractivity contribution in [1.29, 1.82) is 0 Å². The van der Waals surface area contributed by atoms with Crippen molar-refractivity contribution < 1.29 is 24.5 Å². The van der Waals surface area contributed by atoms with Gasteiger partial charge in [0.05, 0.1) is 24.3 Å². The highest BCUT2D eigenvalue weighted by molar-refractivity contribution is 6.20. The lowest BCUT2D eigenvalue weighted by Gasteiger charge is -2.34. The van der Waals surface area contributed by atoms with Crippen LogP contribution in [0.4, 0.5) is 0 Å². The van der Waals surface area contributed by atoms with Gasteiger partial charge in [0.1, 0.15) is 24.2 Å². The molecule has 30 heavy (non-hydrogen) atoms. The molecular weight excluding hydrogens is 382 g/mol. The van der Waals surface area contributed by atoms with E-state index < -0.39 is 11.5 Å². The fraction of sp³-hybridized carbons (Fsp3) is 0.375. The van der Waals surface area contributed by atoms with E-state index in [1.807, 2.05) is 38.2 Å². The van der Waals surface area contributed by atoms with E-state index in [1.54, 1.807) is 12.1 Å². The fourth-order valence-corrected chi connectivity index (χ4v) is 4.47. The van der Waals surface area contributed by atoms with Gasteiger partial charge in [-0.1, -0.05) is 13.8 Å². The van der Waals surface area contributed by atoms with Crippen molar-refractivity contribution >= 4 is 16.7 Å². The number of aromatic nitrogens is 1. The average molecular weight is 409 g/mol. The molecule has 1 atom stereocenters. The number of rotatable bonds is 6. The SMILES string of the molecule is CCOc1ccc2c3c(n(C)c2c1)C(C)(C)c1cc(OCC(O)CO)ccc1C3=O. The Labute approximate surface area is 175 Å². The Morgan fingerprint density at radius 2 is 1.80 bits per heavy atom. The Bertz CT molecular complexity index is 1130. The van der Waals surface area contributed by atoms with Gasteiger partial charge in [-0.3, -0.25) is 4.79 Å². The van der Waals surface area contributed by atoms with Crippen LogP contribution in [0.15, 0.2) is 36.4 Å². The van der Waals surface area contributed by atoms with Crippen molar-refractivity contribution in [2.24, 2.45) is 7.05 Å². The number of aliphatic hydroxyl groups excluding tert-OH is 2. The predicted octanol–water partition coefficient (Wildman–Crippen LogP) is 3.18. The monoisotopic (exact) mass is 409 g/mol. The summed E-state index contributed by atoms with van der Waals surface area (Å²) in [5, 5.41) is 19.5. The number of ketones is 1. The molecule has 1 aliphatic carbocycles. The minimum Gasteiger partial charge on any atom is -0.494 e. The van der Waals surface area contributed by atoms with Crippen LogP contribution < -0.4 is 9.47 Å². The molecule has 1 heterocycles. The molecule has 6 heteroatoms. The third-order valence-corrected chi connectivity index (χ3v) is 5.86. The number of nitrogens with zero attached hydrogens (tertiary/aromatic N) is 1. The van der Waals surface area contributed by atoms with Crippen molar-refractivity contribution in [3.05, 3.63) is 58.8 Å². The first-order chi connectivity index (χ1) is 14.3. The van der Waals surface area contributed by atoms with Crippen LogP contribution in [0.2, 0.25) is 0 Å². The molecule has 2 N–H and O–H groups in total. The molecule has 1 aliphatic rings. The van der Waals surface area contributed by atoms with Gasteiger partial charge in [-0.2, -0.15) is 0 Å². The summed E-state index contributed by atoms with van der Waals surface area (Å²) in [7, 11) is 1.98. The summed E-state index contributed by atoms with van der Waals surface area (Å²) in [6, 6.07) is 11.2. The molecule has 0 radical (unpaired) electrons. The van der Waals surface area contributed by atoms with Crippen LogP contribution in [-0.4, -0.2) is 46.5 Å². The topological polar surface area (TPSA) is 80.9 Å². The summed E-state index contributed by atoms with van der Waals surface area (Å²) in [5.41, 5.74) is 3.75. The second-order valence-electron chi connectivity index (χ2n) is 8.20. The Kier molecular flexibility index (Phi) is 5.08. The maximum absolute atomic E-state index is 13.5. The number of carbonyl (C=O) groups is 1. The normalized spacial score (nSPS) is 15.6. The molecule has 0 aliphatic heterocycles. The molecule has 6 nitrogen and oxygen atoms in total. The summed E-state index contributed by atoms with van der Waals surface area (Å²) in [6.07, 6.45) is -0.944. The maximum atomic E-state index is 13.5. The number of aliphatic hydroxyl groups is 2. The second-order valence-corrected chi connectivity index (χ2v) is 8.20. The van der Waals surface area contributed by atoms with E-state index in [9.17, 15) is 9.90 Å². The number of hydrogen-bond donors (Lipinski definition) is 2. The zero-order chi connectivity index (χ0) is 21.6. The van der Waals surface area contributed by atoms with Crippen LogP contribution in [0.5, 0.6) is 11.5 Å². The van der Waals surface area contributed by atoms with Gasteiger partial charge >= 0.3 is 0 Å². The molecule has 1 aromatic heterocycles. The van der Waals surface area contributed by atoms with Gasteiger partial charge in [0, 0.05) is 35.2 Å². The molecule has 0 fully saturated rings. The predicted molar refractivity (Wildman–Crippen MR) is 115 cm³/mol. The smallest absolute Gasteiger partial charge is 0.195 e. The maximum Gasteiger partial charge on any atom is 0.195 e. The molecule has 0 saturated heterocycles. The fourth-order valence-electron chi connectivity index (χ4n) is 4.47. The van der Waals surface area contributed by atoms with Gasteiger partial charge in [0.25, 0.3) is 0 Å². The van der Waals surface area contributed by atoms with Crippen molar-refractivity contribution in [1.82, 2.24) is 4.57 Å². The molecule has 3 aromatic rings. The van der Waals surface area contributed by atoms with Gasteiger partial charge < -0.3 is 24.3 Å². The molecule has 4 rings (SSSR count). The highest BCUT2D eigenvalue weighted by atomic mass is 16.5. The zero-order valence-electron chi connectivity index (χ0n) is 17.7. The van der Waals surface area contributed by atoms with Crippen LogP contribution in [0.1, 0.15) is 48.0 Å². The summed E-state index contributed by atoms with van der Waals surface area (Å²) in [5.74, 6) is 1.34. The number of hydrogen-bond acceptors (Lipinski definition) is 5. The second kappa shape index (κ2) is 7.45. The van der Waals surface area contributed by atoms with E-state index in [0.717, 1.165) is 33.5 Å². The Morgan fingerprint density at radius 1 is 1.10 bits per heavy atom. The Morgan fingerprint density at radius 3 is 2.50 bits per heavy atom. The third kappa shape index (κ3) is 3.07.